The predicted octanol–water partition coefficient (Wildman–Crippen LogP) is 5.28. The van der Waals surface area contributed by atoms with Gasteiger partial charge in [-0.25, -0.2) is 4.79 Å². The van der Waals surface area contributed by atoms with Crippen LogP contribution in [0.5, 0.6) is 5.75 Å². The van der Waals surface area contributed by atoms with E-state index in [1.54, 1.807) is 78.9 Å². The molecule has 0 aliphatic rings. The van der Waals surface area contributed by atoms with E-state index in [0.29, 0.717) is 28.4 Å². The molecule has 3 aromatic carbocycles. The van der Waals surface area contributed by atoms with E-state index in [0.717, 1.165) is 4.47 Å². The van der Waals surface area contributed by atoms with Gasteiger partial charge in [-0.3, -0.25) is 10.1 Å². The normalized spacial score (nSPS) is 11.6. The van der Waals surface area contributed by atoms with E-state index >= 15 is 0 Å². The van der Waals surface area contributed by atoms with Crippen molar-refractivity contribution in [3.63, 3.8) is 0 Å². The van der Waals surface area contributed by atoms with Crippen molar-refractivity contribution in [1.29, 1.82) is 0 Å². The van der Waals surface area contributed by atoms with E-state index < -0.39 is 12.2 Å². The smallest absolute Gasteiger partial charge is 0.412 e. The molecule has 0 heterocycles. The molecule has 0 saturated carbocycles. The third-order valence-electron chi connectivity index (χ3n) is 4.77. The molecule has 3 rings (SSSR count). The zero-order valence-corrected chi connectivity index (χ0v) is 20.4. The maximum absolute atomic E-state index is 12.6. The Morgan fingerprint density at radius 3 is 2.54 bits per heavy atom. The van der Waals surface area contributed by atoms with Crippen molar-refractivity contribution in [3.8, 4) is 5.75 Å². The molecule has 9 heteroatoms. The van der Waals surface area contributed by atoms with Gasteiger partial charge in [-0.05, 0) is 60.2 Å². The number of carbonyl (C=O) groups is 2. The SMILES string of the molecule is Nc1ccccc1NC(=O)/C=C/C[C@H](OC(=O)Nc1ccc(Br)cc1)c1cccc(OCCO)c1. The minimum absolute atomic E-state index is 0.121. The number of hydrogen-bond donors (Lipinski definition) is 4. The van der Waals surface area contributed by atoms with Gasteiger partial charge in [0.25, 0.3) is 0 Å². The summed E-state index contributed by atoms with van der Waals surface area (Å²) >= 11 is 3.35. The first-order valence-electron chi connectivity index (χ1n) is 10.8. The van der Waals surface area contributed by atoms with Crippen molar-refractivity contribution < 1.29 is 24.2 Å². The van der Waals surface area contributed by atoms with Crippen LogP contribution in [-0.4, -0.2) is 30.3 Å². The lowest BCUT2D eigenvalue weighted by molar-refractivity contribution is -0.111. The van der Waals surface area contributed by atoms with E-state index in [9.17, 15) is 9.59 Å². The molecule has 0 unspecified atom stereocenters. The highest BCUT2D eigenvalue weighted by molar-refractivity contribution is 9.10. The van der Waals surface area contributed by atoms with E-state index in [-0.39, 0.29) is 25.5 Å². The molecule has 182 valence electrons. The third-order valence-corrected chi connectivity index (χ3v) is 5.30. The number of benzene rings is 3. The molecule has 8 nitrogen and oxygen atoms in total. The fraction of sp³-hybridized carbons (Fsp3) is 0.154. The fourth-order valence-electron chi connectivity index (χ4n) is 3.11. The fourth-order valence-corrected chi connectivity index (χ4v) is 3.38. The number of nitrogen functional groups attached to an aromatic ring is 1. The zero-order chi connectivity index (χ0) is 25.0. The van der Waals surface area contributed by atoms with Crippen LogP contribution in [-0.2, 0) is 9.53 Å². The van der Waals surface area contributed by atoms with Crippen LogP contribution in [0.25, 0.3) is 0 Å². The molecule has 0 fully saturated rings. The van der Waals surface area contributed by atoms with Crippen LogP contribution in [0.1, 0.15) is 18.1 Å². The molecule has 2 amide bonds. The Hall–Kier alpha value is -3.82. The number of para-hydroxylation sites is 2. The summed E-state index contributed by atoms with van der Waals surface area (Å²) in [5.41, 5.74) is 8.08. The van der Waals surface area contributed by atoms with E-state index in [2.05, 4.69) is 26.6 Å². The Morgan fingerprint density at radius 1 is 1.03 bits per heavy atom. The molecule has 1 atom stereocenters. The second-order valence-corrected chi connectivity index (χ2v) is 8.30. The van der Waals surface area contributed by atoms with Crippen LogP contribution in [0.2, 0.25) is 0 Å². The third kappa shape index (κ3) is 8.47. The van der Waals surface area contributed by atoms with Crippen LogP contribution in [0, 0.1) is 0 Å². The summed E-state index contributed by atoms with van der Waals surface area (Å²) in [5, 5.41) is 14.4. The first-order valence-corrected chi connectivity index (χ1v) is 11.6. The van der Waals surface area contributed by atoms with Gasteiger partial charge in [0.15, 0.2) is 0 Å². The van der Waals surface area contributed by atoms with Crippen molar-refractivity contribution in [1.82, 2.24) is 0 Å². The number of ether oxygens (including phenoxy) is 2. The molecule has 0 aliphatic carbocycles. The number of halogens is 1. The van der Waals surface area contributed by atoms with Crippen LogP contribution in [0.4, 0.5) is 21.9 Å². The van der Waals surface area contributed by atoms with Gasteiger partial charge in [-0.1, -0.05) is 46.3 Å². The summed E-state index contributed by atoms with van der Waals surface area (Å²) in [4.78, 5) is 24.9. The van der Waals surface area contributed by atoms with Gasteiger partial charge in [0, 0.05) is 16.6 Å². The van der Waals surface area contributed by atoms with Crippen LogP contribution >= 0.6 is 15.9 Å². The molecule has 5 N–H and O–H groups in total. The van der Waals surface area contributed by atoms with E-state index in [1.165, 1.54) is 6.08 Å². The molecule has 0 bridgehead atoms. The van der Waals surface area contributed by atoms with Gasteiger partial charge < -0.3 is 25.6 Å². The predicted molar refractivity (Wildman–Crippen MR) is 139 cm³/mol. The Morgan fingerprint density at radius 2 is 1.80 bits per heavy atom. The lowest BCUT2D eigenvalue weighted by Crippen LogP contribution is -2.17. The maximum atomic E-state index is 12.6. The summed E-state index contributed by atoms with van der Waals surface area (Å²) in [6.45, 7) is 0.0191. The van der Waals surface area contributed by atoms with Crippen molar-refractivity contribution >= 4 is 45.0 Å². The van der Waals surface area contributed by atoms with Gasteiger partial charge in [0.05, 0.1) is 18.0 Å². The van der Waals surface area contributed by atoms with Crippen molar-refractivity contribution in [3.05, 3.63) is 95.0 Å². The maximum Gasteiger partial charge on any atom is 0.412 e. The topological polar surface area (TPSA) is 123 Å². The highest BCUT2D eigenvalue weighted by Gasteiger charge is 2.17. The van der Waals surface area contributed by atoms with Crippen LogP contribution in [0.3, 0.4) is 0 Å². The lowest BCUT2D eigenvalue weighted by atomic mass is 10.1. The molecule has 0 aromatic heterocycles. The van der Waals surface area contributed by atoms with Crippen LogP contribution < -0.4 is 21.1 Å². The number of aliphatic hydroxyl groups is 1. The number of aliphatic hydroxyl groups excluding tert-OH is 1. The molecular weight excluding hydrogens is 514 g/mol. The summed E-state index contributed by atoms with van der Waals surface area (Å²) in [7, 11) is 0. The summed E-state index contributed by atoms with van der Waals surface area (Å²) < 4.78 is 12.0. The largest absolute Gasteiger partial charge is 0.491 e. The summed E-state index contributed by atoms with van der Waals surface area (Å²) in [6.07, 6.45) is 1.87. The number of nitrogens with two attached hydrogens (primary N) is 1. The Bertz CT molecular complexity index is 1170. The monoisotopic (exact) mass is 539 g/mol. The number of amides is 2. The zero-order valence-electron chi connectivity index (χ0n) is 18.8. The minimum atomic E-state index is -0.700. The van der Waals surface area contributed by atoms with Gasteiger partial charge in [0.1, 0.15) is 18.5 Å². The highest BCUT2D eigenvalue weighted by Crippen LogP contribution is 2.26. The molecule has 0 aliphatic heterocycles. The van der Waals surface area contributed by atoms with Crippen molar-refractivity contribution in [2.24, 2.45) is 0 Å². The molecule has 0 radical (unpaired) electrons. The number of anilines is 3. The first kappa shape index (κ1) is 25.8. The second kappa shape index (κ2) is 13.2. The molecule has 35 heavy (non-hydrogen) atoms. The standard InChI is InChI=1S/C26H26BrN3O5/c27-19-11-13-20(14-12-19)29-26(33)35-24(18-5-3-6-21(17-18)34-16-15-31)9-4-10-25(32)30-23-8-2-1-7-22(23)28/h1-8,10-14,17,24,31H,9,15-16,28H2,(H,29,33)(H,30,32)/b10-4+/t24-/m0/s1. The number of nitrogens with one attached hydrogen (secondary N) is 2. The van der Waals surface area contributed by atoms with Crippen LogP contribution in [0.15, 0.2) is 89.4 Å². The van der Waals surface area contributed by atoms with Crippen molar-refractivity contribution in [2.45, 2.75) is 12.5 Å². The number of hydrogen-bond acceptors (Lipinski definition) is 6. The number of rotatable bonds is 10. The average molecular weight is 540 g/mol. The Labute approximate surface area is 211 Å². The van der Waals surface area contributed by atoms with Gasteiger partial charge in [-0.2, -0.15) is 0 Å². The van der Waals surface area contributed by atoms with Gasteiger partial charge in [0.2, 0.25) is 5.91 Å². The van der Waals surface area contributed by atoms with Gasteiger partial charge in [-0.15, -0.1) is 0 Å². The Balaban J connectivity index is 1.71. The van der Waals surface area contributed by atoms with Gasteiger partial charge >= 0.3 is 6.09 Å². The van der Waals surface area contributed by atoms with Crippen molar-refractivity contribution in [2.75, 3.05) is 29.6 Å². The minimum Gasteiger partial charge on any atom is -0.491 e. The molecule has 0 spiro atoms. The van der Waals surface area contributed by atoms with E-state index in [4.69, 9.17) is 20.3 Å². The highest BCUT2D eigenvalue weighted by atomic mass is 79.9. The lowest BCUT2D eigenvalue weighted by Gasteiger charge is -2.18. The quantitative estimate of drug-likeness (QED) is 0.205. The molecular formula is C26H26BrN3O5. The first-order chi connectivity index (χ1) is 16.9. The number of carbonyl (C=O) groups excluding carboxylic acids is 2. The Kier molecular flexibility index (Phi) is 9.70. The molecule has 0 saturated heterocycles. The summed E-state index contributed by atoms with van der Waals surface area (Å²) in [6, 6.07) is 21.1. The van der Waals surface area contributed by atoms with E-state index in [1.807, 2.05) is 0 Å². The summed E-state index contributed by atoms with van der Waals surface area (Å²) in [5.74, 6) is 0.167. The second-order valence-electron chi connectivity index (χ2n) is 7.38. The average Bonchev–Trinajstić information content (AvgIpc) is 2.85. The molecule has 3 aromatic rings.